The van der Waals surface area contributed by atoms with Gasteiger partial charge in [-0.05, 0) is 36.6 Å². The average Bonchev–Trinajstić information content (AvgIpc) is 2.44. The van der Waals surface area contributed by atoms with Gasteiger partial charge in [-0.2, -0.15) is 0 Å². The Morgan fingerprint density at radius 3 is 2.55 bits per heavy atom. The van der Waals surface area contributed by atoms with Crippen LogP contribution in [0.4, 0.5) is 0 Å². The molecule has 0 atom stereocenters. The van der Waals surface area contributed by atoms with E-state index < -0.39 is 5.97 Å². The Morgan fingerprint density at radius 1 is 1.15 bits per heavy atom. The predicted octanol–water partition coefficient (Wildman–Crippen LogP) is 4.05. The third kappa shape index (κ3) is 4.00. The molecule has 0 aliphatic heterocycles. The third-order valence-corrected chi connectivity index (χ3v) is 3.21. The fourth-order valence-electron chi connectivity index (χ4n) is 1.87. The summed E-state index contributed by atoms with van der Waals surface area (Å²) in [6.07, 6.45) is 1.84. The number of benzene rings is 2. The Morgan fingerprint density at radius 2 is 1.90 bits per heavy atom. The van der Waals surface area contributed by atoms with Crippen molar-refractivity contribution >= 4 is 17.6 Å². The molecule has 0 spiro atoms. The van der Waals surface area contributed by atoms with Gasteiger partial charge in [0.05, 0.1) is 17.2 Å². The second-order valence-electron chi connectivity index (χ2n) is 4.38. The van der Waals surface area contributed by atoms with E-state index in [1.807, 2.05) is 18.2 Å². The minimum Gasteiger partial charge on any atom is -0.494 e. The van der Waals surface area contributed by atoms with Crippen LogP contribution in [0.2, 0.25) is 5.02 Å². The standard InChI is InChI=1S/C16H15ClO3/c17-15-11-13(8-9-14(15)16(18)19)20-10-4-7-12-5-2-1-3-6-12/h1-3,5-6,8-9,11H,4,7,10H2,(H,18,19). The second-order valence-corrected chi connectivity index (χ2v) is 4.79. The number of carbonyl (C=O) groups is 1. The normalized spacial score (nSPS) is 10.2. The molecule has 2 rings (SSSR count). The number of carboxylic acids is 1. The molecule has 0 bridgehead atoms. The molecular formula is C16H15ClO3. The molecule has 0 saturated carbocycles. The van der Waals surface area contributed by atoms with Crippen LogP contribution in [-0.4, -0.2) is 17.7 Å². The highest BCUT2D eigenvalue weighted by Gasteiger charge is 2.09. The molecule has 0 fully saturated rings. The smallest absolute Gasteiger partial charge is 0.337 e. The minimum atomic E-state index is -1.04. The number of aryl methyl sites for hydroxylation is 1. The van der Waals surface area contributed by atoms with Gasteiger partial charge in [-0.3, -0.25) is 0 Å². The zero-order valence-electron chi connectivity index (χ0n) is 10.9. The van der Waals surface area contributed by atoms with E-state index in [0.29, 0.717) is 12.4 Å². The number of rotatable bonds is 6. The fourth-order valence-corrected chi connectivity index (χ4v) is 2.12. The first-order valence-electron chi connectivity index (χ1n) is 6.36. The molecule has 0 radical (unpaired) electrons. The van der Waals surface area contributed by atoms with Crippen LogP contribution in [0.25, 0.3) is 0 Å². The molecule has 0 aliphatic rings. The molecule has 0 saturated heterocycles. The highest BCUT2D eigenvalue weighted by Crippen LogP contribution is 2.22. The van der Waals surface area contributed by atoms with Crippen LogP contribution in [-0.2, 0) is 6.42 Å². The molecule has 104 valence electrons. The molecule has 20 heavy (non-hydrogen) atoms. The fraction of sp³-hybridized carbons (Fsp3) is 0.188. The number of hydrogen-bond donors (Lipinski definition) is 1. The Bertz CT molecular complexity index is 582. The summed E-state index contributed by atoms with van der Waals surface area (Å²) in [5, 5.41) is 9.06. The zero-order chi connectivity index (χ0) is 14.4. The van der Waals surface area contributed by atoms with Crippen LogP contribution >= 0.6 is 11.6 Å². The van der Waals surface area contributed by atoms with Crippen molar-refractivity contribution in [3.05, 3.63) is 64.7 Å². The van der Waals surface area contributed by atoms with Gasteiger partial charge in [-0.25, -0.2) is 4.79 Å². The maximum absolute atomic E-state index is 10.8. The Labute approximate surface area is 122 Å². The molecular weight excluding hydrogens is 276 g/mol. The number of carboxylic acid groups (broad SMARTS) is 1. The third-order valence-electron chi connectivity index (χ3n) is 2.89. The maximum Gasteiger partial charge on any atom is 0.337 e. The van der Waals surface area contributed by atoms with Crippen LogP contribution in [0.15, 0.2) is 48.5 Å². The van der Waals surface area contributed by atoms with E-state index in [4.69, 9.17) is 21.4 Å². The van der Waals surface area contributed by atoms with E-state index >= 15 is 0 Å². The summed E-state index contributed by atoms with van der Waals surface area (Å²) in [7, 11) is 0. The van der Waals surface area contributed by atoms with Crippen LogP contribution < -0.4 is 4.74 Å². The quantitative estimate of drug-likeness (QED) is 0.816. The molecule has 3 nitrogen and oxygen atoms in total. The summed E-state index contributed by atoms with van der Waals surface area (Å²) in [5.74, 6) is -0.446. The summed E-state index contributed by atoms with van der Waals surface area (Å²) in [6, 6.07) is 14.8. The molecule has 0 aromatic heterocycles. The van der Waals surface area contributed by atoms with Gasteiger partial charge in [0.25, 0.3) is 0 Å². The molecule has 0 aliphatic carbocycles. The molecule has 2 aromatic carbocycles. The van der Waals surface area contributed by atoms with Crippen LogP contribution in [0.1, 0.15) is 22.3 Å². The minimum absolute atomic E-state index is 0.0864. The summed E-state index contributed by atoms with van der Waals surface area (Å²) < 4.78 is 5.57. The Balaban J connectivity index is 1.83. The van der Waals surface area contributed by atoms with Crippen molar-refractivity contribution in [1.82, 2.24) is 0 Å². The largest absolute Gasteiger partial charge is 0.494 e. The van der Waals surface area contributed by atoms with E-state index in [0.717, 1.165) is 12.8 Å². The van der Waals surface area contributed by atoms with Crippen molar-refractivity contribution in [3.63, 3.8) is 0 Å². The van der Waals surface area contributed by atoms with Crippen LogP contribution in [0, 0.1) is 0 Å². The molecule has 0 unspecified atom stereocenters. The van der Waals surface area contributed by atoms with E-state index in [1.165, 1.54) is 17.7 Å². The van der Waals surface area contributed by atoms with E-state index in [9.17, 15) is 4.79 Å². The highest BCUT2D eigenvalue weighted by molar-refractivity contribution is 6.33. The van der Waals surface area contributed by atoms with Gasteiger partial charge in [0.2, 0.25) is 0 Å². The summed E-state index contributed by atoms with van der Waals surface area (Å²) >= 11 is 5.87. The molecule has 2 aromatic rings. The van der Waals surface area contributed by atoms with Gasteiger partial charge in [-0.15, -0.1) is 0 Å². The number of aromatic carboxylic acids is 1. The van der Waals surface area contributed by atoms with Crippen molar-refractivity contribution in [2.75, 3.05) is 6.61 Å². The topological polar surface area (TPSA) is 46.5 Å². The van der Waals surface area contributed by atoms with Gasteiger partial charge in [0, 0.05) is 0 Å². The maximum atomic E-state index is 10.8. The average molecular weight is 291 g/mol. The van der Waals surface area contributed by atoms with E-state index in [1.54, 1.807) is 6.07 Å². The monoisotopic (exact) mass is 290 g/mol. The van der Waals surface area contributed by atoms with Gasteiger partial charge in [-0.1, -0.05) is 41.9 Å². The van der Waals surface area contributed by atoms with Gasteiger partial charge in [0.15, 0.2) is 0 Å². The van der Waals surface area contributed by atoms with Crippen molar-refractivity contribution in [2.45, 2.75) is 12.8 Å². The van der Waals surface area contributed by atoms with Crippen molar-refractivity contribution < 1.29 is 14.6 Å². The summed E-state index contributed by atoms with van der Waals surface area (Å²) in [6.45, 7) is 0.567. The van der Waals surface area contributed by atoms with Crippen molar-refractivity contribution in [2.24, 2.45) is 0 Å². The number of ether oxygens (including phenoxy) is 1. The lowest BCUT2D eigenvalue weighted by molar-refractivity contribution is 0.0697. The second kappa shape index (κ2) is 6.96. The molecule has 0 amide bonds. The van der Waals surface area contributed by atoms with E-state index in [2.05, 4.69) is 12.1 Å². The highest BCUT2D eigenvalue weighted by atomic mass is 35.5. The van der Waals surface area contributed by atoms with Gasteiger partial charge < -0.3 is 9.84 Å². The van der Waals surface area contributed by atoms with Crippen LogP contribution in [0.5, 0.6) is 5.75 Å². The van der Waals surface area contributed by atoms with Crippen LogP contribution in [0.3, 0.4) is 0 Å². The molecule has 0 heterocycles. The lowest BCUT2D eigenvalue weighted by Crippen LogP contribution is -2.01. The molecule has 1 N–H and O–H groups in total. The predicted molar refractivity (Wildman–Crippen MR) is 78.7 cm³/mol. The zero-order valence-corrected chi connectivity index (χ0v) is 11.6. The SMILES string of the molecule is O=C(O)c1ccc(OCCCc2ccccc2)cc1Cl. The summed E-state index contributed by atoms with van der Waals surface area (Å²) in [5.41, 5.74) is 1.36. The first-order valence-corrected chi connectivity index (χ1v) is 6.74. The lowest BCUT2D eigenvalue weighted by atomic mass is 10.1. The van der Waals surface area contributed by atoms with Gasteiger partial charge >= 0.3 is 5.97 Å². The van der Waals surface area contributed by atoms with E-state index in [-0.39, 0.29) is 10.6 Å². The summed E-state index contributed by atoms with van der Waals surface area (Å²) in [4.78, 5) is 10.8. The van der Waals surface area contributed by atoms with Crippen molar-refractivity contribution in [3.8, 4) is 5.75 Å². The first-order chi connectivity index (χ1) is 9.66. The van der Waals surface area contributed by atoms with Crippen molar-refractivity contribution in [1.29, 1.82) is 0 Å². The van der Waals surface area contributed by atoms with Gasteiger partial charge in [0.1, 0.15) is 5.75 Å². The number of hydrogen-bond acceptors (Lipinski definition) is 2. The first kappa shape index (κ1) is 14.4. The lowest BCUT2D eigenvalue weighted by Gasteiger charge is -2.07. The number of halogens is 1. The molecule has 4 heteroatoms. The Hall–Kier alpha value is -2.00. The Kier molecular flexibility index (Phi) is 5.02.